The molecule has 0 atom stereocenters. The van der Waals surface area contributed by atoms with Crippen LogP contribution in [-0.4, -0.2) is 18.3 Å². The summed E-state index contributed by atoms with van der Waals surface area (Å²) in [7, 11) is -0.257. The first kappa shape index (κ1) is 13.4. The van der Waals surface area contributed by atoms with Crippen LogP contribution in [0.1, 0.15) is 32.6 Å². The summed E-state index contributed by atoms with van der Waals surface area (Å²) in [5.41, 5.74) is -0.558. The number of allylic oxidation sites excluding steroid dienone is 2. The van der Waals surface area contributed by atoms with Crippen molar-refractivity contribution in [1.82, 2.24) is 0 Å². The van der Waals surface area contributed by atoms with Crippen LogP contribution < -0.4 is 4.78 Å². The number of hydrogen-bond donors (Lipinski definition) is 0. The number of rotatable bonds is 2. The van der Waals surface area contributed by atoms with Crippen molar-refractivity contribution in [2.45, 2.75) is 38.9 Å². The molecule has 5 heteroatoms. The van der Waals surface area contributed by atoms with Crippen molar-refractivity contribution in [3.8, 4) is 0 Å². The first-order valence-electron chi connectivity index (χ1n) is 6.31. The van der Waals surface area contributed by atoms with Crippen molar-refractivity contribution in [1.29, 1.82) is 0 Å². The van der Waals surface area contributed by atoms with Crippen LogP contribution in [0.3, 0.4) is 0 Å². The second-order valence-electron chi connectivity index (χ2n) is 5.71. The predicted octanol–water partition coefficient (Wildman–Crippen LogP) is 3.45. The van der Waals surface area contributed by atoms with Gasteiger partial charge in [0.2, 0.25) is 0 Å². The Labute approximate surface area is 123 Å². The molecule has 2 nitrogen and oxygen atoms in total. The maximum absolute atomic E-state index is 6.06. The lowest BCUT2D eigenvalue weighted by Gasteiger charge is -2.32. The molecule has 98 valence electrons. The summed E-state index contributed by atoms with van der Waals surface area (Å²) in [6.07, 6.45) is 4.04. The molecule has 1 aromatic rings. The normalized spacial score (nSPS) is 23.6. The third-order valence-corrected chi connectivity index (χ3v) is 5.93. The molecular formula is C14H16BO2S2+. The number of thioether (sulfide) groups is 1. The van der Waals surface area contributed by atoms with Crippen molar-refractivity contribution in [2.24, 2.45) is 0 Å². The third-order valence-electron chi connectivity index (χ3n) is 3.83. The molecule has 0 amide bonds. The Bertz CT molecular complexity index is 542. The molecule has 2 aliphatic heterocycles. The first-order chi connectivity index (χ1) is 8.89. The molecule has 3 heterocycles. The molecule has 1 saturated heterocycles. The second-order valence-corrected chi connectivity index (χ2v) is 7.70. The van der Waals surface area contributed by atoms with E-state index in [-0.39, 0.29) is 18.3 Å². The van der Waals surface area contributed by atoms with E-state index in [1.54, 1.807) is 23.1 Å². The summed E-state index contributed by atoms with van der Waals surface area (Å²) >= 11 is 3.37. The van der Waals surface area contributed by atoms with E-state index < -0.39 is 0 Å². The largest absolute Gasteiger partial charge is 0.505 e. The summed E-state index contributed by atoms with van der Waals surface area (Å²) in [5, 5.41) is 3.12. The molecule has 0 N–H and O–H groups in total. The maximum atomic E-state index is 6.06. The lowest BCUT2D eigenvalue weighted by molar-refractivity contribution is 0.00578. The fourth-order valence-electron chi connectivity index (χ4n) is 1.94. The molecule has 0 aliphatic carbocycles. The molecule has 2 aliphatic rings. The van der Waals surface area contributed by atoms with E-state index in [0.29, 0.717) is 0 Å². The van der Waals surface area contributed by atoms with Crippen LogP contribution in [0.4, 0.5) is 0 Å². The zero-order valence-corrected chi connectivity index (χ0v) is 13.2. The fourth-order valence-corrected chi connectivity index (χ4v) is 3.65. The van der Waals surface area contributed by atoms with Crippen molar-refractivity contribution in [2.75, 3.05) is 0 Å². The minimum absolute atomic E-state index is 0.257. The fraction of sp³-hybridized carbons (Fsp3) is 0.429. The molecule has 1 aromatic heterocycles. The minimum Gasteiger partial charge on any atom is -0.399 e. The van der Waals surface area contributed by atoms with Gasteiger partial charge in [0.25, 0.3) is 0 Å². The zero-order chi connectivity index (χ0) is 13.7. The lowest BCUT2D eigenvalue weighted by Crippen LogP contribution is -2.41. The topological polar surface area (TPSA) is 18.5 Å². The molecule has 19 heavy (non-hydrogen) atoms. The average molecular weight is 291 g/mol. The molecule has 0 spiro atoms. The van der Waals surface area contributed by atoms with Gasteiger partial charge in [-0.05, 0) is 33.8 Å². The highest BCUT2D eigenvalue weighted by molar-refractivity contribution is 8.10. The van der Waals surface area contributed by atoms with Crippen LogP contribution in [0, 0.1) is 5.41 Å². The van der Waals surface area contributed by atoms with E-state index in [1.165, 1.54) is 9.78 Å². The van der Waals surface area contributed by atoms with Gasteiger partial charge in [-0.1, -0.05) is 6.07 Å². The van der Waals surface area contributed by atoms with E-state index >= 15 is 0 Å². The van der Waals surface area contributed by atoms with Gasteiger partial charge in [0.05, 0.1) is 33.9 Å². The molecule has 0 unspecified atom stereocenters. The Balaban J connectivity index is 1.81. The smallest absolute Gasteiger partial charge is 0.399 e. The van der Waals surface area contributed by atoms with Crippen molar-refractivity contribution >= 4 is 39.9 Å². The SMILES string of the molecule is CC1(C)OB(c2ccc(C3=CC=[C+]S3)s2)OC1(C)C. The lowest BCUT2D eigenvalue weighted by atomic mass is 9.88. The Hall–Kier alpha value is -0.575. The maximum Gasteiger partial charge on any atom is 0.505 e. The summed E-state index contributed by atoms with van der Waals surface area (Å²) < 4.78 is 13.3. The van der Waals surface area contributed by atoms with Crippen molar-refractivity contribution in [3.63, 3.8) is 0 Å². The van der Waals surface area contributed by atoms with E-state index in [4.69, 9.17) is 9.31 Å². The third kappa shape index (κ3) is 2.30. The second kappa shape index (κ2) is 4.47. The number of hydrogen-bond acceptors (Lipinski definition) is 4. The van der Waals surface area contributed by atoms with Crippen LogP contribution >= 0.6 is 23.1 Å². The van der Waals surface area contributed by atoms with Crippen molar-refractivity contribution < 1.29 is 9.31 Å². The first-order valence-corrected chi connectivity index (χ1v) is 7.94. The van der Waals surface area contributed by atoms with E-state index in [0.717, 1.165) is 4.78 Å². The van der Waals surface area contributed by atoms with Gasteiger partial charge >= 0.3 is 7.12 Å². The monoisotopic (exact) mass is 291 g/mol. The van der Waals surface area contributed by atoms with Crippen molar-refractivity contribution in [3.05, 3.63) is 34.6 Å². The van der Waals surface area contributed by atoms with E-state index in [1.807, 2.05) is 6.08 Å². The van der Waals surface area contributed by atoms with Gasteiger partial charge in [-0.15, -0.1) is 11.3 Å². The zero-order valence-electron chi connectivity index (χ0n) is 11.5. The predicted molar refractivity (Wildman–Crippen MR) is 83.4 cm³/mol. The minimum atomic E-state index is -0.279. The van der Waals surface area contributed by atoms with Gasteiger partial charge in [0, 0.05) is 4.78 Å². The highest BCUT2D eigenvalue weighted by atomic mass is 32.2. The Kier molecular flexibility index (Phi) is 3.16. The van der Waals surface area contributed by atoms with Gasteiger partial charge in [-0.2, -0.15) is 0 Å². The van der Waals surface area contributed by atoms with Crippen LogP contribution in [0.5, 0.6) is 0 Å². The Morgan fingerprint density at radius 3 is 2.37 bits per heavy atom. The van der Waals surface area contributed by atoms with Crippen LogP contribution in [0.2, 0.25) is 0 Å². The Morgan fingerprint density at radius 2 is 1.79 bits per heavy atom. The summed E-state index contributed by atoms with van der Waals surface area (Å²) in [4.78, 5) is 2.49. The van der Waals surface area contributed by atoms with E-state index in [9.17, 15) is 0 Å². The summed E-state index contributed by atoms with van der Waals surface area (Å²) in [6, 6.07) is 4.23. The van der Waals surface area contributed by atoms with Crippen LogP contribution in [-0.2, 0) is 9.31 Å². The molecule has 0 bridgehead atoms. The highest BCUT2D eigenvalue weighted by Crippen LogP contribution is 2.38. The van der Waals surface area contributed by atoms with Gasteiger partial charge in [0.15, 0.2) is 6.08 Å². The van der Waals surface area contributed by atoms with Crippen LogP contribution in [0.15, 0.2) is 24.3 Å². The summed E-state index contributed by atoms with van der Waals surface area (Å²) in [5.74, 6) is 0. The van der Waals surface area contributed by atoms with Crippen LogP contribution in [0.25, 0.3) is 4.91 Å². The number of thiophene rings is 1. The Morgan fingerprint density at radius 1 is 1.11 bits per heavy atom. The highest BCUT2D eigenvalue weighted by Gasteiger charge is 2.52. The summed E-state index contributed by atoms with van der Waals surface area (Å²) in [6.45, 7) is 8.32. The molecule has 1 fully saturated rings. The standard InChI is InChI=1S/C14H16BO2S2/c1-13(2)14(3,4)17-15(16-13)12-8-7-11(19-12)10-6-5-9-18-10/h5-8H,1-4H3/q+1. The van der Waals surface area contributed by atoms with Gasteiger partial charge in [-0.3, -0.25) is 0 Å². The van der Waals surface area contributed by atoms with Gasteiger partial charge < -0.3 is 9.31 Å². The molecule has 0 saturated carbocycles. The molecule has 0 aromatic carbocycles. The van der Waals surface area contributed by atoms with Gasteiger partial charge in [0.1, 0.15) is 10.3 Å². The molecule has 3 rings (SSSR count). The molecule has 0 radical (unpaired) electrons. The average Bonchev–Trinajstić information content (AvgIpc) is 3.00. The van der Waals surface area contributed by atoms with Gasteiger partial charge in [-0.25, -0.2) is 0 Å². The van der Waals surface area contributed by atoms with E-state index in [2.05, 4.69) is 51.3 Å². The molecular weight excluding hydrogens is 275 g/mol. The quantitative estimate of drug-likeness (QED) is 0.614.